The summed E-state index contributed by atoms with van der Waals surface area (Å²) >= 11 is 5.71. The fraction of sp³-hybridized carbons (Fsp3) is 0.0833. The van der Waals surface area contributed by atoms with Gasteiger partial charge in [0.2, 0.25) is 0 Å². The van der Waals surface area contributed by atoms with Crippen LogP contribution in [0.1, 0.15) is 10.5 Å². The van der Waals surface area contributed by atoms with Crippen LogP contribution in [-0.2, 0) is 0 Å². The minimum Gasteiger partial charge on any atom is -0.433 e. The van der Waals surface area contributed by atoms with Crippen LogP contribution in [0, 0.1) is 0 Å². The number of benzene rings is 1. The van der Waals surface area contributed by atoms with Gasteiger partial charge in [-0.1, -0.05) is 11.6 Å². The van der Waals surface area contributed by atoms with Crippen molar-refractivity contribution in [2.45, 2.75) is 6.61 Å². The number of carbonyl (C=O) groups excluding carboxylic acids is 1. The average molecular weight is 315 g/mol. The molecule has 0 saturated carbocycles. The number of nitrogens with one attached hydrogen (secondary N) is 1. The summed E-state index contributed by atoms with van der Waals surface area (Å²) < 4.78 is 28.6. The lowest BCUT2D eigenvalue weighted by atomic mass is 10.3. The van der Waals surface area contributed by atoms with Crippen LogP contribution in [0.4, 0.5) is 20.3 Å². The van der Waals surface area contributed by atoms with Gasteiger partial charge in [0.05, 0.1) is 5.02 Å². The molecule has 2 rings (SSSR count). The van der Waals surface area contributed by atoms with Gasteiger partial charge in [-0.2, -0.15) is 8.78 Å². The molecule has 0 saturated heterocycles. The third-order valence-corrected chi connectivity index (χ3v) is 2.66. The maximum absolute atomic E-state index is 12.2. The number of ether oxygens (including phenoxy) is 1. The second kappa shape index (κ2) is 6.31. The largest absolute Gasteiger partial charge is 0.433 e. The predicted molar refractivity (Wildman–Crippen MR) is 72.5 cm³/mol. The number of carbonyl (C=O) groups is 1. The Balaban J connectivity index is 2.20. The monoisotopic (exact) mass is 314 g/mol. The van der Waals surface area contributed by atoms with Crippen molar-refractivity contribution in [1.29, 1.82) is 0 Å². The van der Waals surface area contributed by atoms with Crippen molar-refractivity contribution in [3.63, 3.8) is 0 Å². The zero-order valence-electron chi connectivity index (χ0n) is 10.4. The standard InChI is InChI=1S/C12H9ClF2N4O2/c13-7-2-1-6(5-8(7)21-12(14)15)19-11(20)9-10(16)18-4-3-17-9/h1-5,12H,(H2,16,18)(H,19,20). The second-order valence-electron chi connectivity index (χ2n) is 3.77. The lowest BCUT2D eigenvalue weighted by molar-refractivity contribution is -0.0497. The number of nitrogen functional groups attached to an aromatic ring is 1. The maximum atomic E-state index is 12.2. The van der Waals surface area contributed by atoms with E-state index in [0.29, 0.717) is 0 Å². The number of aromatic nitrogens is 2. The highest BCUT2D eigenvalue weighted by atomic mass is 35.5. The van der Waals surface area contributed by atoms with E-state index in [4.69, 9.17) is 17.3 Å². The van der Waals surface area contributed by atoms with Gasteiger partial charge in [0.25, 0.3) is 5.91 Å². The number of hydrogen-bond donors (Lipinski definition) is 2. The number of halogens is 3. The van der Waals surface area contributed by atoms with E-state index < -0.39 is 12.5 Å². The third kappa shape index (κ3) is 3.76. The summed E-state index contributed by atoms with van der Waals surface area (Å²) in [5.74, 6) is -0.935. The Morgan fingerprint density at radius 1 is 1.33 bits per heavy atom. The molecule has 1 aromatic heterocycles. The number of nitrogens with two attached hydrogens (primary N) is 1. The molecule has 21 heavy (non-hydrogen) atoms. The highest BCUT2D eigenvalue weighted by Gasteiger charge is 2.14. The summed E-state index contributed by atoms with van der Waals surface area (Å²) in [5.41, 5.74) is 5.63. The third-order valence-electron chi connectivity index (χ3n) is 2.35. The quantitative estimate of drug-likeness (QED) is 0.905. The van der Waals surface area contributed by atoms with Gasteiger partial charge in [-0.25, -0.2) is 9.97 Å². The summed E-state index contributed by atoms with van der Waals surface area (Å²) in [6.07, 6.45) is 2.64. The normalized spacial score (nSPS) is 10.5. The van der Waals surface area contributed by atoms with E-state index in [9.17, 15) is 13.6 Å². The van der Waals surface area contributed by atoms with Crippen LogP contribution in [0.2, 0.25) is 5.02 Å². The van der Waals surface area contributed by atoms with Gasteiger partial charge in [0.1, 0.15) is 5.75 Å². The Morgan fingerprint density at radius 3 is 2.71 bits per heavy atom. The summed E-state index contributed by atoms with van der Waals surface area (Å²) in [6.45, 7) is -3.02. The first-order valence-corrected chi connectivity index (χ1v) is 5.97. The van der Waals surface area contributed by atoms with E-state index in [-0.39, 0.29) is 28.0 Å². The van der Waals surface area contributed by atoms with Gasteiger partial charge >= 0.3 is 6.61 Å². The maximum Gasteiger partial charge on any atom is 0.387 e. The van der Waals surface area contributed by atoms with Crippen molar-refractivity contribution in [3.05, 3.63) is 41.3 Å². The molecule has 0 fully saturated rings. The van der Waals surface area contributed by atoms with Gasteiger partial charge in [0, 0.05) is 24.1 Å². The highest BCUT2D eigenvalue weighted by molar-refractivity contribution is 6.32. The van der Waals surface area contributed by atoms with Gasteiger partial charge in [-0.05, 0) is 12.1 Å². The molecule has 0 spiro atoms. The number of rotatable bonds is 4. The minimum atomic E-state index is -3.02. The molecule has 0 aliphatic rings. The van der Waals surface area contributed by atoms with E-state index in [1.54, 1.807) is 0 Å². The van der Waals surface area contributed by atoms with Gasteiger partial charge in [0.15, 0.2) is 11.5 Å². The van der Waals surface area contributed by atoms with Crippen molar-refractivity contribution >= 4 is 29.0 Å². The Kier molecular flexibility index (Phi) is 4.49. The topological polar surface area (TPSA) is 90.1 Å². The number of anilines is 2. The second-order valence-corrected chi connectivity index (χ2v) is 4.18. The molecule has 6 nitrogen and oxygen atoms in total. The van der Waals surface area contributed by atoms with Crippen LogP contribution < -0.4 is 15.8 Å². The first-order valence-electron chi connectivity index (χ1n) is 5.59. The summed E-state index contributed by atoms with van der Waals surface area (Å²) in [4.78, 5) is 19.4. The van der Waals surface area contributed by atoms with Crippen LogP contribution in [0.25, 0.3) is 0 Å². The Hall–Kier alpha value is -2.48. The molecule has 0 bridgehead atoms. The van der Waals surface area contributed by atoms with Crippen molar-refractivity contribution in [1.82, 2.24) is 9.97 Å². The molecule has 1 amide bonds. The zero-order chi connectivity index (χ0) is 15.4. The molecular formula is C12H9ClF2N4O2. The van der Waals surface area contributed by atoms with Crippen LogP contribution in [0.5, 0.6) is 5.75 Å². The van der Waals surface area contributed by atoms with Crippen molar-refractivity contribution in [2.75, 3.05) is 11.1 Å². The summed E-state index contributed by atoms with van der Waals surface area (Å²) in [7, 11) is 0. The van der Waals surface area contributed by atoms with E-state index >= 15 is 0 Å². The van der Waals surface area contributed by atoms with Crippen LogP contribution >= 0.6 is 11.6 Å². The smallest absolute Gasteiger partial charge is 0.387 e. The van der Waals surface area contributed by atoms with Gasteiger partial charge in [-0.15, -0.1) is 0 Å². The van der Waals surface area contributed by atoms with Crippen molar-refractivity contribution in [2.24, 2.45) is 0 Å². The first kappa shape index (κ1) is 14.9. The predicted octanol–water partition coefficient (Wildman–Crippen LogP) is 2.57. The molecule has 0 aliphatic heterocycles. The molecule has 9 heteroatoms. The van der Waals surface area contributed by atoms with Gasteiger partial charge in [-0.3, -0.25) is 4.79 Å². The van der Waals surface area contributed by atoms with Crippen LogP contribution in [-0.4, -0.2) is 22.5 Å². The van der Waals surface area contributed by atoms with Crippen LogP contribution in [0.3, 0.4) is 0 Å². The number of alkyl halides is 2. The molecule has 0 atom stereocenters. The molecule has 3 N–H and O–H groups in total. The zero-order valence-corrected chi connectivity index (χ0v) is 11.1. The first-order chi connectivity index (χ1) is 9.97. The number of hydrogen-bond acceptors (Lipinski definition) is 5. The van der Waals surface area contributed by atoms with E-state index in [1.165, 1.54) is 30.6 Å². The van der Waals surface area contributed by atoms with Crippen LogP contribution in [0.15, 0.2) is 30.6 Å². The van der Waals surface area contributed by atoms with E-state index in [1.807, 2.05) is 0 Å². The fourth-order valence-corrected chi connectivity index (χ4v) is 1.64. The number of nitrogens with zero attached hydrogens (tertiary/aromatic N) is 2. The molecule has 0 radical (unpaired) electrons. The fourth-order valence-electron chi connectivity index (χ4n) is 1.48. The molecule has 110 valence electrons. The number of amides is 1. The lowest BCUT2D eigenvalue weighted by Crippen LogP contribution is -2.16. The van der Waals surface area contributed by atoms with E-state index in [2.05, 4.69) is 20.0 Å². The SMILES string of the molecule is Nc1nccnc1C(=O)Nc1ccc(Cl)c(OC(F)F)c1. The van der Waals surface area contributed by atoms with E-state index in [0.717, 1.165) is 0 Å². The van der Waals surface area contributed by atoms with Gasteiger partial charge < -0.3 is 15.8 Å². The highest BCUT2D eigenvalue weighted by Crippen LogP contribution is 2.29. The minimum absolute atomic E-state index is 0.00712. The van der Waals surface area contributed by atoms with Crippen molar-refractivity contribution in [3.8, 4) is 5.75 Å². The summed E-state index contributed by atoms with van der Waals surface area (Å²) in [5, 5.41) is 2.43. The molecule has 1 aromatic carbocycles. The van der Waals surface area contributed by atoms with Crippen molar-refractivity contribution < 1.29 is 18.3 Å². The molecule has 0 aliphatic carbocycles. The Labute approximate surface area is 122 Å². The summed E-state index contributed by atoms with van der Waals surface area (Å²) in [6, 6.07) is 3.90. The molecule has 2 aromatic rings. The average Bonchev–Trinajstić information content (AvgIpc) is 2.42. The molecule has 1 heterocycles. The Morgan fingerprint density at radius 2 is 2.05 bits per heavy atom. The lowest BCUT2D eigenvalue weighted by Gasteiger charge is -2.10. The molecule has 0 unspecified atom stereocenters. The molecular weight excluding hydrogens is 306 g/mol. The Bertz CT molecular complexity index is 669.